The first-order valence-corrected chi connectivity index (χ1v) is 15.0. The van der Waals surface area contributed by atoms with Crippen LogP contribution in [0.1, 0.15) is 0 Å². The number of hydrogen-bond donors (Lipinski definition) is 0. The summed E-state index contributed by atoms with van der Waals surface area (Å²) in [5, 5.41) is 3.22. The van der Waals surface area contributed by atoms with E-state index in [4.69, 9.17) is 18.8 Å². The third-order valence-corrected chi connectivity index (χ3v) is 8.85. The summed E-state index contributed by atoms with van der Waals surface area (Å²) in [6, 6.07) is 48.0. The third-order valence-electron chi connectivity index (χ3n) is 8.85. The van der Waals surface area contributed by atoms with Crippen molar-refractivity contribution in [1.29, 1.82) is 0 Å². The molecule has 5 nitrogen and oxygen atoms in total. The molecule has 0 N–H and O–H groups in total. The average Bonchev–Trinajstić information content (AvgIpc) is 3.78. The van der Waals surface area contributed by atoms with Crippen molar-refractivity contribution in [3.05, 3.63) is 140 Å². The summed E-state index contributed by atoms with van der Waals surface area (Å²) in [4.78, 5) is 10.1. The second-order valence-electron chi connectivity index (χ2n) is 11.4. The molecule has 0 spiro atoms. The minimum Gasteiger partial charge on any atom is -0.455 e. The lowest BCUT2D eigenvalue weighted by Gasteiger charge is -2.09. The van der Waals surface area contributed by atoms with Gasteiger partial charge in [0.1, 0.15) is 22.2 Å². The van der Waals surface area contributed by atoms with E-state index in [1.54, 1.807) is 0 Å². The molecule has 0 aliphatic carbocycles. The molecule has 0 atom stereocenters. The Hall–Kier alpha value is -6.20. The lowest BCUT2D eigenvalue weighted by atomic mass is 9.99. The molecule has 10 aromatic rings. The second-order valence-corrected chi connectivity index (χ2v) is 11.4. The van der Waals surface area contributed by atoms with Gasteiger partial charge in [0.25, 0.3) is 0 Å². The third kappa shape index (κ3) is 3.49. The summed E-state index contributed by atoms with van der Waals surface area (Å²) in [5.41, 5.74) is 12.5. The van der Waals surface area contributed by atoms with E-state index in [-0.39, 0.29) is 0 Å². The Morgan fingerprint density at radius 2 is 1.09 bits per heavy atom. The first-order chi connectivity index (χ1) is 22.3. The maximum Gasteiger partial charge on any atom is 0.307 e. The Balaban J connectivity index is 1.17. The number of fused-ring (bicyclic) bond motifs is 10. The smallest absolute Gasteiger partial charge is 0.307 e. The zero-order valence-electron chi connectivity index (χ0n) is 23.9. The Labute approximate surface area is 256 Å². The minimum absolute atomic E-state index is 0.564. The summed E-state index contributed by atoms with van der Waals surface area (Å²) < 4.78 is 14.9. The van der Waals surface area contributed by atoms with Crippen LogP contribution in [0.2, 0.25) is 0 Å². The molecule has 0 aliphatic rings. The quantitative estimate of drug-likeness (QED) is 0.210. The van der Waals surface area contributed by atoms with Crippen molar-refractivity contribution in [2.24, 2.45) is 0 Å². The lowest BCUT2D eigenvalue weighted by molar-refractivity contribution is 0.643. The van der Waals surface area contributed by atoms with Crippen LogP contribution in [0.25, 0.3) is 94.3 Å². The Kier molecular flexibility index (Phi) is 4.93. The number of imidazole rings is 1. The number of hydrogen-bond acceptors (Lipinski definition) is 4. The van der Waals surface area contributed by atoms with Gasteiger partial charge in [-0.2, -0.15) is 4.98 Å². The molecule has 0 bridgehead atoms. The van der Waals surface area contributed by atoms with Crippen molar-refractivity contribution in [2.45, 2.75) is 0 Å². The number of oxazole rings is 1. The fraction of sp³-hybridized carbons (Fsp3) is 0. The van der Waals surface area contributed by atoms with E-state index in [9.17, 15) is 0 Å². The largest absolute Gasteiger partial charge is 0.455 e. The molecule has 0 amide bonds. The molecule has 210 valence electrons. The number of nitrogens with zero attached hydrogens (tertiary/aromatic N) is 3. The van der Waals surface area contributed by atoms with Crippen LogP contribution in [0, 0.1) is 0 Å². The number of furan rings is 1. The highest BCUT2D eigenvalue weighted by molar-refractivity contribution is 6.13. The number of pyridine rings is 1. The van der Waals surface area contributed by atoms with E-state index in [2.05, 4.69) is 101 Å². The zero-order valence-corrected chi connectivity index (χ0v) is 23.9. The molecule has 4 aromatic heterocycles. The molecule has 5 heteroatoms. The fourth-order valence-electron chi connectivity index (χ4n) is 6.77. The van der Waals surface area contributed by atoms with Crippen LogP contribution >= 0.6 is 0 Å². The normalized spacial score (nSPS) is 12.0. The van der Waals surface area contributed by atoms with Crippen LogP contribution in [0.3, 0.4) is 0 Å². The standard InChI is InChI=1S/C40H23N3O2/c1-2-10-24(11-3-1)27-13-8-15-29-30-16-9-14-28(39(30)45-38(27)29)25-20-22-26(23-21-25)35-37-36(31-12-4-5-17-32(31)41-35)42-40-43(37)33-18-6-7-19-34(33)44-40/h1-23H. The summed E-state index contributed by atoms with van der Waals surface area (Å²) >= 11 is 0. The van der Waals surface area contributed by atoms with Crippen molar-refractivity contribution in [1.82, 2.24) is 14.4 Å². The van der Waals surface area contributed by atoms with Gasteiger partial charge in [0, 0.05) is 32.8 Å². The molecule has 0 saturated carbocycles. The van der Waals surface area contributed by atoms with Gasteiger partial charge in [-0.25, -0.2) is 4.98 Å². The monoisotopic (exact) mass is 577 g/mol. The molecule has 0 unspecified atom stereocenters. The van der Waals surface area contributed by atoms with E-state index in [0.29, 0.717) is 5.84 Å². The average molecular weight is 578 g/mol. The predicted octanol–water partition coefficient (Wildman–Crippen LogP) is 10.7. The van der Waals surface area contributed by atoms with Crippen LogP contribution < -0.4 is 0 Å². The maximum atomic E-state index is 6.68. The van der Waals surface area contributed by atoms with Crippen LogP contribution in [0.5, 0.6) is 0 Å². The van der Waals surface area contributed by atoms with Gasteiger partial charge in [-0.1, -0.05) is 121 Å². The van der Waals surface area contributed by atoms with Gasteiger partial charge in [-0.05, 0) is 29.3 Å². The van der Waals surface area contributed by atoms with Crippen LogP contribution in [-0.2, 0) is 0 Å². The Bertz CT molecular complexity index is 2740. The predicted molar refractivity (Wildman–Crippen MR) is 181 cm³/mol. The van der Waals surface area contributed by atoms with Crippen LogP contribution in [0.4, 0.5) is 0 Å². The molecule has 45 heavy (non-hydrogen) atoms. The summed E-state index contributed by atoms with van der Waals surface area (Å²) in [7, 11) is 0. The fourth-order valence-corrected chi connectivity index (χ4v) is 6.77. The molecule has 4 heterocycles. The summed E-state index contributed by atoms with van der Waals surface area (Å²) in [6.07, 6.45) is 0. The van der Waals surface area contributed by atoms with Gasteiger partial charge < -0.3 is 8.83 Å². The van der Waals surface area contributed by atoms with Crippen molar-refractivity contribution in [3.63, 3.8) is 0 Å². The van der Waals surface area contributed by atoms with Gasteiger partial charge >= 0.3 is 5.84 Å². The SMILES string of the molecule is c1ccc(-c2cccc3c2oc2c(-c4ccc(-c5nc6ccccc6c6nc7oc8ccccc8n7c56)cc4)cccc23)cc1. The van der Waals surface area contributed by atoms with Gasteiger partial charge in [0.2, 0.25) is 0 Å². The number of benzene rings is 6. The van der Waals surface area contributed by atoms with E-state index in [1.807, 2.05) is 42.5 Å². The first kappa shape index (κ1) is 24.3. The van der Waals surface area contributed by atoms with Crippen LogP contribution in [-0.4, -0.2) is 14.4 Å². The summed E-state index contributed by atoms with van der Waals surface area (Å²) in [6.45, 7) is 0. The number of para-hydroxylation sites is 5. The van der Waals surface area contributed by atoms with Crippen molar-refractivity contribution >= 4 is 60.8 Å². The second kappa shape index (κ2) is 9.15. The van der Waals surface area contributed by atoms with Gasteiger partial charge in [0.15, 0.2) is 5.58 Å². The van der Waals surface area contributed by atoms with E-state index in [1.165, 1.54) is 0 Å². The molecule has 0 fully saturated rings. The van der Waals surface area contributed by atoms with Crippen molar-refractivity contribution in [3.8, 4) is 33.5 Å². The number of rotatable bonds is 3. The topological polar surface area (TPSA) is 56.5 Å². The molecular weight excluding hydrogens is 554 g/mol. The Morgan fingerprint density at radius 3 is 1.87 bits per heavy atom. The first-order valence-electron chi connectivity index (χ1n) is 15.0. The minimum atomic E-state index is 0.564. The van der Waals surface area contributed by atoms with E-state index in [0.717, 1.165) is 88.5 Å². The summed E-state index contributed by atoms with van der Waals surface area (Å²) in [5.74, 6) is 0.564. The van der Waals surface area contributed by atoms with E-state index < -0.39 is 0 Å². The van der Waals surface area contributed by atoms with Gasteiger partial charge in [0.05, 0.1) is 16.7 Å². The highest BCUT2D eigenvalue weighted by atomic mass is 16.4. The zero-order chi connectivity index (χ0) is 29.5. The van der Waals surface area contributed by atoms with Crippen LogP contribution in [0.15, 0.2) is 148 Å². The van der Waals surface area contributed by atoms with Gasteiger partial charge in [-0.3, -0.25) is 4.40 Å². The molecule has 0 saturated heterocycles. The molecule has 6 aromatic carbocycles. The van der Waals surface area contributed by atoms with Crippen molar-refractivity contribution < 1.29 is 8.83 Å². The molecule has 0 radical (unpaired) electrons. The van der Waals surface area contributed by atoms with Crippen molar-refractivity contribution in [2.75, 3.05) is 0 Å². The highest BCUT2D eigenvalue weighted by Gasteiger charge is 2.21. The maximum absolute atomic E-state index is 6.68. The molecule has 0 aliphatic heterocycles. The Morgan fingerprint density at radius 1 is 0.467 bits per heavy atom. The molecule has 10 rings (SSSR count). The number of aromatic nitrogens is 3. The lowest BCUT2D eigenvalue weighted by Crippen LogP contribution is -1.92. The molecular formula is C40H23N3O2. The highest BCUT2D eigenvalue weighted by Crippen LogP contribution is 2.41. The van der Waals surface area contributed by atoms with E-state index >= 15 is 0 Å². The van der Waals surface area contributed by atoms with Gasteiger partial charge in [-0.15, -0.1) is 0 Å².